The highest BCUT2D eigenvalue weighted by atomic mass is 16.3. The Morgan fingerprint density at radius 1 is 1.00 bits per heavy atom. The molecule has 1 aliphatic heterocycles. The Morgan fingerprint density at radius 2 is 1.64 bits per heavy atom. The lowest BCUT2D eigenvalue weighted by Gasteiger charge is -2.43. The number of aliphatic hydroxyl groups is 1. The predicted octanol–water partition coefficient (Wildman–Crippen LogP) is 2.28. The van der Waals surface area contributed by atoms with E-state index in [1.165, 1.54) is 5.46 Å². The van der Waals surface area contributed by atoms with Gasteiger partial charge in [0.1, 0.15) is 24.7 Å². The molecule has 0 unspecified atom stereocenters. The molecule has 126 valence electrons. The summed E-state index contributed by atoms with van der Waals surface area (Å²) in [5.74, 6) is -0.439. The molecule has 1 spiro atoms. The van der Waals surface area contributed by atoms with Gasteiger partial charge in [-0.3, -0.25) is 9.59 Å². The first-order chi connectivity index (χ1) is 12.1. The minimum absolute atomic E-state index is 0.0516. The fraction of sp³-hybridized carbons (Fsp3) is 0.300. The molecule has 1 N–H and O–H groups in total. The summed E-state index contributed by atoms with van der Waals surface area (Å²) < 4.78 is 1.99. The fourth-order valence-electron chi connectivity index (χ4n) is 4.33. The molecule has 4 nitrogen and oxygen atoms in total. The monoisotopic (exact) mass is 333 g/mol. The molecule has 2 heterocycles. The van der Waals surface area contributed by atoms with Gasteiger partial charge >= 0.3 is 0 Å². The Bertz CT molecular complexity index is 886. The van der Waals surface area contributed by atoms with Crippen molar-refractivity contribution in [3.05, 3.63) is 53.4 Å². The number of fused-ring (bicyclic) bond motifs is 2. The van der Waals surface area contributed by atoms with Gasteiger partial charge in [0.25, 0.3) is 0 Å². The number of aliphatic hydroxyl groups excluding tert-OH is 1. The molecule has 2 aliphatic rings. The second-order valence-electron chi connectivity index (χ2n) is 7.11. The van der Waals surface area contributed by atoms with Crippen LogP contribution in [0.4, 0.5) is 0 Å². The van der Waals surface area contributed by atoms with Gasteiger partial charge < -0.3 is 9.67 Å². The Balaban J connectivity index is 1.98. The van der Waals surface area contributed by atoms with Gasteiger partial charge in [0.2, 0.25) is 5.78 Å². The number of rotatable bonds is 2. The average molecular weight is 333 g/mol. The van der Waals surface area contributed by atoms with Crippen LogP contribution in [0.15, 0.2) is 47.7 Å². The van der Waals surface area contributed by atoms with Gasteiger partial charge in [-0.2, -0.15) is 0 Å². The molecule has 0 saturated heterocycles. The Morgan fingerprint density at radius 3 is 2.28 bits per heavy atom. The van der Waals surface area contributed by atoms with Gasteiger partial charge in [0.15, 0.2) is 6.29 Å². The Hall–Kier alpha value is -2.56. The predicted molar refractivity (Wildman–Crippen MR) is 99.2 cm³/mol. The summed E-state index contributed by atoms with van der Waals surface area (Å²) in [6.45, 7) is 0. The standard InChI is InChI=1S/C20H20BNO3/c21-14-6-4-13(5-7-14)16-8-9-17-18(24)15(12-23)19(25)20(22(16)17)10-2-1-3-11-20/h4-9,12,25H,1-3,10-11,21H2. The molecule has 2 aromatic rings. The first kappa shape index (κ1) is 15.9. The first-order valence-corrected chi connectivity index (χ1v) is 8.81. The summed E-state index contributed by atoms with van der Waals surface area (Å²) in [6, 6.07) is 11.9. The van der Waals surface area contributed by atoms with Crippen LogP contribution in [0.25, 0.3) is 11.3 Å². The van der Waals surface area contributed by atoms with E-state index in [0.29, 0.717) is 12.0 Å². The normalized spacial score (nSPS) is 19.1. The summed E-state index contributed by atoms with van der Waals surface area (Å²) in [4.78, 5) is 24.2. The molecule has 4 rings (SSSR count). The van der Waals surface area contributed by atoms with Crippen molar-refractivity contribution in [1.29, 1.82) is 0 Å². The molecule has 1 aromatic heterocycles. The Kier molecular flexibility index (Phi) is 3.67. The van der Waals surface area contributed by atoms with Crippen LogP contribution in [0.3, 0.4) is 0 Å². The molecule has 1 aromatic carbocycles. The van der Waals surface area contributed by atoms with Crippen molar-refractivity contribution in [2.75, 3.05) is 0 Å². The lowest BCUT2D eigenvalue weighted by Crippen LogP contribution is -2.44. The van der Waals surface area contributed by atoms with Gasteiger partial charge in [-0.1, -0.05) is 49.0 Å². The van der Waals surface area contributed by atoms with Gasteiger partial charge in [0, 0.05) is 5.69 Å². The molecule has 5 heteroatoms. The highest BCUT2D eigenvalue weighted by Crippen LogP contribution is 2.47. The van der Waals surface area contributed by atoms with Gasteiger partial charge in [-0.05, 0) is 30.5 Å². The number of aldehydes is 1. The highest BCUT2D eigenvalue weighted by Gasteiger charge is 2.47. The maximum Gasteiger partial charge on any atom is 0.216 e. The van der Waals surface area contributed by atoms with Crippen LogP contribution >= 0.6 is 0 Å². The summed E-state index contributed by atoms with van der Waals surface area (Å²) in [5, 5.41) is 10.9. The third-order valence-electron chi connectivity index (χ3n) is 5.63. The van der Waals surface area contributed by atoms with Crippen molar-refractivity contribution in [3.8, 4) is 11.3 Å². The van der Waals surface area contributed by atoms with Crippen LogP contribution in [-0.2, 0) is 10.3 Å². The van der Waals surface area contributed by atoms with E-state index in [0.717, 1.165) is 43.4 Å². The average Bonchev–Trinajstić information content (AvgIpc) is 3.08. The van der Waals surface area contributed by atoms with E-state index in [-0.39, 0.29) is 17.1 Å². The smallest absolute Gasteiger partial charge is 0.216 e. The largest absolute Gasteiger partial charge is 0.509 e. The van der Waals surface area contributed by atoms with Crippen LogP contribution in [-0.4, -0.2) is 29.6 Å². The number of hydrogen-bond donors (Lipinski definition) is 1. The van der Waals surface area contributed by atoms with E-state index < -0.39 is 5.54 Å². The van der Waals surface area contributed by atoms with Crippen LogP contribution in [0, 0.1) is 0 Å². The topological polar surface area (TPSA) is 59.3 Å². The van der Waals surface area contributed by atoms with Gasteiger partial charge in [-0.25, -0.2) is 0 Å². The minimum atomic E-state index is -0.679. The number of Topliss-reactive ketones (excluding diaryl/α,β-unsaturated/α-hetero) is 1. The maximum atomic E-state index is 12.7. The number of nitrogens with zero attached hydrogens (tertiary/aromatic N) is 1. The molecule has 0 bridgehead atoms. The number of hydrogen-bond acceptors (Lipinski definition) is 3. The second-order valence-corrected chi connectivity index (χ2v) is 7.11. The molecular weight excluding hydrogens is 313 g/mol. The number of carbonyl (C=O) groups is 2. The molecule has 1 aliphatic carbocycles. The van der Waals surface area contributed by atoms with Crippen molar-refractivity contribution in [1.82, 2.24) is 4.57 Å². The quantitative estimate of drug-likeness (QED) is 0.521. The van der Waals surface area contributed by atoms with Crippen LogP contribution < -0.4 is 5.46 Å². The van der Waals surface area contributed by atoms with Crippen molar-refractivity contribution in [2.24, 2.45) is 0 Å². The van der Waals surface area contributed by atoms with Crippen molar-refractivity contribution in [3.63, 3.8) is 0 Å². The molecule has 0 amide bonds. The SMILES string of the molecule is Bc1ccc(-c2ccc3n2C2(CCCCC2)C(O)=C(C=O)C3=O)cc1. The molecule has 0 radical (unpaired) electrons. The lowest BCUT2D eigenvalue weighted by molar-refractivity contribution is -0.105. The molecule has 25 heavy (non-hydrogen) atoms. The number of benzene rings is 1. The zero-order chi connectivity index (χ0) is 17.6. The first-order valence-electron chi connectivity index (χ1n) is 8.81. The van der Waals surface area contributed by atoms with E-state index in [1.807, 2.05) is 42.7 Å². The van der Waals surface area contributed by atoms with Crippen LogP contribution in [0.1, 0.15) is 42.6 Å². The summed E-state index contributed by atoms with van der Waals surface area (Å²) in [7, 11) is 2.04. The number of allylic oxidation sites excluding steroid dienone is 2. The van der Waals surface area contributed by atoms with E-state index in [1.54, 1.807) is 6.07 Å². The van der Waals surface area contributed by atoms with Crippen molar-refractivity contribution in [2.45, 2.75) is 37.6 Å². The molecule has 1 saturated carbocycles. The van der Waals surface area contributed by atoms with Gasteiger partial charge in [-0.15, -0.1) is 0 Å². The number of carbonyl (C=O) groups excluding carboxylic acids is 2. The van der Waals surface area contributed by atoms with E-state index in [9.17, 15) is 14.7 Å². The van der Waals surface area contributed by atoms with Gasteiger partial charge in [0.05, 0.1) is 5.69 Å². The summed E-state index contributed by atoms with van der Waals surface area (Å²) >= 11 is 0. The van der Waals surface area contributed by atoms with Crippen LogP contribution in [0.5, 0.6) is 0 Å². The lowest BCUT2D eigenvalue weighted by atomic mass is 9.75. The maximum absolute atomic E-state index is 12.7. The third kappa shape index (κ3) is 2.22. The zero-order valence-corrected chi connectivity index (χ0v) is 14.3. The highest BCUT2D eigenvalue weighted by molar-refractivity contribution is 6.32. The number of ketones is 1. The molecule has 0 atom stereocenters. The van der Waals surface area contributed by atoms with E-state index >= 15 is 0 Å². The number of aromatic nitrogens is 1. The van der Waals surface area contributed by atoms with E-state index in [4.69, 9.17) is 0 Å². The molecular formula is C20H20BNO3. The Labute approximate surface area is 147 Å². The fourth-order valence-corrected chi connectivity index (χ4v) is 4.33. The molecule has 1 fully saturated rings. The van der Waals surface area contributed by atoms with Crippen LogP contribution in [0.2, 0.25) is 0 Å². The minimum Gasteiger partial charge on any atom is -0.509 e. The van der Waals surface area contributed by atoms with E-state index in [2.05, 4.69) is 0 Å². The third-order valence-corrected chi connectivity index (χ3v) is 5.63. The summed E-state index contributed by atoms with van der Waals surface area (Å²) in [6.07, 6.45) is 5.03. The van der Waals surface area contributed by atoms with Crippen molar-refractivity contribution < 1.29 is 14.7 Å². The second kappa shape index (κ2) is 5.76. The summed E-state index contributed by atoms with van der Waals surface area (Å²) in [5.41, 5.74) is 2.84. The zero-order valence-electron chi connectivity index (χ0n) is 14.3. The van der Waals surface area contributed by atoms with Crippen molar-refractivity contribution >= 4 is 25.4 Å².